The van der Waals surface area contributed by atoms with Gasteiger partial charge in [-0.15, -0.1) is 0 Å². The van der Waals surface area contributed by atoms with Crippen LogP contribution in [0.3, 0.4) is 0 Å². The van der Waals surface area contributed by atoms with Gasteiger partial charge in [-0.3, -0.25) is 0 Å². The molecule has 1 aromatic carbocycles. The third kappa shape index (κ3) is 3.93. The molecule has 1 saturated carbocycles. The lowest BCUT2D eigenvalue weighted by Gasteiger charge is -2.33. The SMILES string of the molecule is CC(NC1CCCC(C(F)(F)F)C1)c1c(F)cccc1F. The van der Waals surface area contributed by atoms with Crippen molar-refractivity contribution in [2.45, 2.75) is 50.9 Å². The highest BCUT2D eigenvalue weighted by atomic mass is 19.4. The van der Waals surface area contributed by atoms with Gasteiger partial charge in [0.25, 0.3) is 0 Å². The number of rotatable bonds is 3. The van der Waals surface area contributed by atoms with Gasteiger partial charge < -0.3 is 5.32 Å². The first-order valence-corrected chi connectivity index (χ1v) is 7.05. The first-order valence-electron chi connectivity index (χ1n) is 7.05. The van der Waals surface area contributed by atoms with Crippen LogP contribution in [0.25, 0.3) is 0 Å². The molecule has 1 aromatic rings. The molecule has 6 heteroatoms. The minimum absolute atomic E-state index is 0.0378. The van der Waals surface area contributed by atoms with Gasteiger partial charge in [-0.25, -0.2) is 8.78 Å². The maximum Gasteiger partial charge on any atom is 0.391 e. The van der Waals surface area contributed by atoms with Crippen molar-refractivity contribution >= 4 is 0 Å². The van der Waals surface area contributed by atoms with Crippen LogP contribution in [0.1, 0.15) is 44.2 Å². The van der Waals surface area contributed by atoms with Crippen LogP contribution < -0.4 is 5.32 Å². The molecule has 3 atom stereocenters. The van der Waals surface area contributed by atoms with Crippen LogP contribution in [0.4, 0.5) is 22.0 Å². The Morgan fingerprint density at radius 2 is 1.76 bits per heavy atom. The lowest BCUT2D eigenvalue weighted by atomic mass is 9.84. The Bertz CT molecular complexity index is 465. The highest BCUT2D eigenvalue weighted by Crippen LogP contribution is 2.38. The molecule has 3 unspecified atom stereocenters. The molecule has 118 valence electrons. The van der Waals surface area contributed by atoms with Crippen molar-refractivity contribution in [2.24, 2.45) is 5.92 Å². The Morgan fingerprint density at radius 3 is 2.33 bits per heavy atom. The molecule has 0 amide bonds. The summed E-state index contributed by atoms with van der Waals surface area (Å²) in [6.07, 6.45) is -3.05. The Balaban J connectivity index is 2.04. The van der Waals surface area contributed by atoms with Gasteiger partial charge in [0.15, 0.2) is 0 Å². The van der Waals surface area contributed by atoms with E-state index in [-0.39, 0.29) is 24.4 Å². The van der Waals surface area contributed by atoms with Gasteiger partial charge in [-0.2, -0.15) is 13.2 Å². The molecule has 1 N–H and O–H groups in total. The highest BCUT2D eigenvalue weighted by molar-refractivity contribution is 5.23. The Kier molecular flexibility index (Phi) is 4.86. The smallest absolute Gasteiger partial charge is 0.307 e. The van der Waals surface area contributed by atoms with E-state index in [0.29, 0.717) is 12.8 Å². The normalized spacial score (nSPS) is 24.9. The van der Waals surface area contributed by atoms with Gasteiger partial charge in [-0.05, 0) is 38.3 Å². The molecule has 0 heterocycles. The molecule has 1 aliphatic rings. The zero-order valence-electron chi connectivity index (χ0n) is 11.7. The summed E-state index contributed by atoms with van der Waals surface area (Å²) in [5.41, 5.74) is -0.119. The number of halogens is 5. The van der Waals surface area contributed by atoms with Crippen LogP contribution >= 0.6 is 0 Å². The van der Waals surface area contributed by atoms with E-state index in [4.69, 9.17) is 0 Å². The summed E-state index contributed by atoms with van der Waals surface area (Å²) < 4.78 is 65.6. The van der Waals surface area contributed by atoms with Crippen LogP contribution in [-0.4, -0.2) is 12.2 Å². The van der Waals surface area contributed by atoms with Gasteiger partial charge in [0.05, 0.1) is 5.92 Å². The summed E-state index contributed by atoms with van der Waals surface area (Å²) in [6, 6.07) is 2.52. The second-order valence-corrected chi connectivity index (χ2v) is 5.63. The van der Waals surface area contributed by atoms with E-state index in [1.807, 2.05) is 0 Å². The lowest BCUT2D eigenvalue weighted by molar-refractivity contribution is -0.183. The van der Waals surface area contributed by atoms with Crippen molar-refractivity contribution in [3.05, 3.63) is 35.4 Å². The molecule has 0 radical (unpaired) electrons. The minimum atomic E-state index is -4.20. The molecule has 1 fully saturated rings. The van der Waals surface area contributed by atoms with Crippen molar-refractivity contribution in [1.82, 2.24) is 5.32 Å². The first kappa shape index (κ1) is 16.2. The summed E-state index contributed by atoms with van der Waals surface area (Å²) in [4.78, 5) is 0. The Labute approximate surface area is 120 Å². The molecular formula is C15H18F5N. The Morgan fingerprint density at radius 1 is 1.14 bits per heavy atom. The number of hydrogen-bond acceptors (Lipinski definition) is 1. The summed E-state index contributed by atoms with van der Waals surface area (Å²) in [5, 5.41) is 2.94. The molecule has 2 rings (SSSR count). The van der Waals surface area contributed by atoms with E-state index in [1.165, 1.54) is 6.07 Å². The molecule has 0 aliphatic heterocycles. The standard InChI is InChI=1S/C15H18F5N/c1-9(14-12(16)6-3-7-13(14)17)21-11-5-2-4-10(8-11)15(18,19)20/h3,6-7,9-11,21H,2,4-5,8H2,1H3. The van der Waals surface area contributed by atoms with Gasteiger partial charge in [-0.1, -0.05) is 12.5 Å². The zero-order chi connectivity index (χ0) is 15.6. The monoisotopic (exact) mass is 307 g/mol. The Hall–Kier alpha value is -1.17. The predicted molar refractivity (Wildman–Crippen MR) is 69.7 cm³/mol. The minimum Gasteiger partial charge on any atom is -0.307 e. The van der Waals surface area contributed by atoms with Crippen LogP contribution in [0.15, 0.2) is 18.2 Å². The summed E-state index contributed by atoms with van der Waals surface area (Å²) in [6.45, 7) is 1.57. The molecular weight excluding hydrogens is 289 g/mol. The van der Waals surface area contributed by atoms with Crippen molar-refractivity contribution in [3.8, 4) is 0 Å². The van der Waals surface area contributed by atoms with Crippen LogP contribution in [0.5, 0.6) is 0 Å². The molecule has 1 aliphatic carbocycles. The molecule has 0 bridgehead atoms. The van der Waals surface area contributed by atoms with Crippen LogP contribution in [0, 0.1) is 17.6 Å². The van der Waals surface area contributed by atoms with Crippen LogP contribution in [0.2, 0.25) is 0 Å². The fourth-order valence-electron chi connectivity index (χ4n) is 3.00. The second kappa shape index (κ2) is 6.30. The van der Waals surface area contributed by atoms with E-state index in [2.05, 4.69) is 5.32 Å². The van der Waals surface area contributed by atoms with E-state index in [1.54, 1.807) is 6.92 Å². The fourth-order valence-corrected chi connectivity index (χ4v) is 3.00. The van der Waals surface area contributed by atoms with Gasteiger partial charge in [0, 0.05) is 17.6 Å². The molecule has 0 spiro atoms. The predicted octanol–water partition coefficient (Wildman–Crippen LogP) is 4.74. The highest BCUT2D eigenvalue weighted by Gasteiger charge is 2.42. The molecule has 21 heavy (non-hydrogen) atoms. The third-order valence-corrected chi connectivity index (χ3v) is 4.06. The van der Waals surface area contributed by atoms with Crippen molar-refractivity contribution in [3.63, 3.8) is 0 Å². The van der Waals surface area contributed by atoms with E-state index < -0.39 is 29.8 Å². The third-order valence-electron chi connectivity index (χ3n) is 4.06. The number of alkyl halides is 3. The number of hydrogen-bond donors (Lipinski definition) is 1. The van der Waals surface area contributed by atoms with Crippen LogP contribution in [-0.2, 0) is 0 Å². The maximum absolute atomic E-state index is 13.7. The number of nitrogens with one attached hydrogen (secondary N) is 1. The first-order chi connectivity index (χ1) is 9.79. The average Bonchev–Trinajstić information content (AvgIpc) is 2.37. The second-order valence-electron chi connectivity index (χ2n) is 5.63. The van der Waals surface area contributed by atoms with E-state index >= 15 is 0 Å². The van der Waals surface area contributed by atoms with Crippen molar-refractivity contribution < 1.29 is 22.0 Å². The van der Waals surface area contributed by atoms with Crippen molar-refractivity contribution in [1.29, 1.82) is 0 Å². The van der Waals surface area contributed by atoms with Gasteiger partial charge in [0.1, 0.15) is 11.6 Å². The van der Waals surface area contributed by atoms with Crippen molar-refractivity contribution in [2.75, 3.05) is 0 Å². The number of benzene rings is 1. The van der Waals surface area contributed by atoms with Gasteiger partial charge in [0.2, 0.25) is 0 Å². The maximum atomic E-state index is 13.7. The largest absolute Gasteiger partial charge is 0.391 e. The van der Waals surface area contributed by atoms with E-state index in [0.717, 1.165) is 12.1 Å². The van der Waals surface area contributed by atoms with Gasteiger partial charge >= 0.3 is 6.18 Å². The van der Waals surface area contributed by atoms with E-state index in [9.17, 15) is 22.0 Å². The zero-order valence-corrected chi connectivity index (χ0v) is 11.7. The summed E-state index contributed by atoms with van der Waals surface area (Å²) >= 11 is 0. The average molecular weight is 307 g/mol. The quantitative estimate of drug-likeness (QED) is 0.796. The summed E-state index contributed by atoms with van der Waals surface area (Å²) in [5.74, 6) is -2.70. The lowest BCUT2D eigenvalue weighted by Crippen LogP contribution is -2.40. The topological polar surface area (TPSA) is 12.0 Å². The molecule has 1 nitrogen and oxygen atoms in total. The summed E-state index contributed by atoms with van der Waals surface area (Å²) in [7, 11) is 0. The fraction of sp³-hybridized carbons (Fsp3) is 0.600. The molecule has 0 saturated heterocycles. The molecule has 0 aromatic heterocycles.